The lowest BCUT2D eigenvalue weighted by molar-refractivity contribution is 0.0224. The second kappa shape index (κ2) is 14.0. The molecule has 14 nitrogen and oxygen atoms in total. The molecule has 1 atom stereocenters. The molecule has 1 aromatic heterocycles. The average Bonchev–Trinajstić information content (AvgIpc) is 3.84. The van der Waals surface area contributed by atoms with Crippen LogP contribution in [0.2, 0.25) is 0 Å². The van der Waals surface area contributed by atoms with Crippen molar-refractivity contribution in [3.63, 3.8) is 0 Å². The molecule has 6 N–H and O–H groups in total. The van der Waals surface area contributed by atoms with Gasteiger partial charge in [0.15, 0.2) is 33.8 Å². The molecular formula is C40H35FIN7O7S. The Morgan fingerprint density at radius 3 is 2.42 bits per heavy atom. The first-order valence-electron chi connectivity index (χ1n) is 18.1. The van der Waals surface area contributed by atoms with Crippen molar-refractivity contribution in [1.29, 1.82) is 0 Å². The molecule has 1 spiro atoms. The highest BCUT2D eigenvalue weighted by Gasteiger charge is 2.53. The number of hydrogen-bond donors (Lipinski definition) is 5. The first-order valence-corrected chi connectivity index (χ1v) is 19.6. The zero-order valence-electron chi connectivity index (χ0n) is 30.5. The quantitative estimate of drug-likeness (QED) is 0.0483. The monoisotopic (exact) mass is 903 g/mol. The van der Waals surface area contributed by atoms with Crippen LogP contribution in [0.3, 0.4) is 0 Å². The maximum absolute atomic E-state index is 14.6. The van der Waals surface area contributed by atoms with E-state index < -0.39 is 17.6 Å². The van der Waals surface area contributed by atoms with Crippen molar-refractivity contribution in [1.82, 2.24) is 14.9 Å². The standard InChI is InChI=1S/C40H35FIN7O7S/c1-19(2)17-48(9-10-49-33(45-34-35(43)46-38(41)47-36(34)49)12-20-11-31-32(16-28(20)42)54-18-53-31)39(57)44-21-3-6-25-24(13-21)37(52)56-40(25)26-7-4-22(50)14-29(26)55-30-15-23(51)5-8-27(30)40/h3-8,11,13-16,19,33,45,50-51H,9-10,12,17-18H2,1-2H3,(H,44,57)(H2,43,46,47). The minimum atomic E-state index is -1.39. The van der Waals surface area contributed by atoms with Crippen LogP contribution >= 0.6 is 34.8 Å². The number of nitrogens with two attached hydrogens (primary N) is 1. The summed E-state index contributed by atoms with van der Waals surface area (Å²) < 4.78 is 39.1. The summed E-state index contributed by atoms with van der Waals surface area (Å²) in [6.45, 7) is 5.74. The topological polar surface area (TPSA) is 177 Å². The summed E-state index contributed by atoms with van der Waals surface area (Å²) in [5.74, 6) is 1.92. The number of esters is 1. The number of rotatable bonds is 8. The van der Waals surface area contributed by atoms with Crippen LogP contribution in [-0.2, 0) is 16.8 Å². The van der Waals surface area contributed by atoms with Crippen LogP contribution in [0.15, 0.2) is 66.7 Å². The number of nitrogens with zero attached hydrogens (tertiary/aromatic N) is 4. The number of aromatic nitrogens is 2. The number of fused-ring (bicyclic) bond motifs is 8. The van der Waals surface area contributed by atoms with E-state index in [1.165, 1.54) is 24.3 Å². The molecule has 17 heteroatoms. The van der Waals surface area contributed by atoms with Gasteiger partial charge in [-0.3, -0.25) is 0 Å². The van der Waals surface area contributed by atoms with Gasteiger partial charge in [-0.1, -0.05) is 19.9 Å². The van der Waals surface area contributed by atoms with Crippen LogP contribution in [0.5, 0.6) is 34.5 Å². The summed E-state index contributed by atoms with van der Waals surface area (Å²) in [5, 5.41) is 27.7. The molecule has 0 radical (unpaired) electrons. The average molecular weight is 904 g/mol. The molecule has 0 fully saturated rings. The van der Waals surface area contributed by atoms with E-state index >= 15 is 0 Å². The van der Waals surface area contributed by atoms with Crippen LogP contribution in [0.4, 0.5) is 27.4 Å². The van der Waals surface area contributed by atoms with E-state index in [9.17, 15) is 19.4 Å². The second-order valence-electron chi connectivity index (χ2n) is 14.5. The van der Waals surface area contributed by atoms with Crippen LogP contribution in [0.1, 0.15) is 46.5 Å². The molecule has 0 amide bonds. The first kappa shape index (κ1) is 36.8. The van der Waals surface area contributed by atoms with E-state index in [-0.39, 0.29) is 36.2 Å². The molecule has 5 aromatic rings. The highest BCUT2D eigenvalue weighted by molar-refractivity contribution is 14.1. The van der Waals surface area contributed by atoms with Gasteiger partial charge in [-0.15, -0.1) is 0 Å². The van der Waals surface area contributed by atoms with Crippen molar-refractivity contribution < 1.29 is 38.3 Å². The SMILES string of the molecule is CC(C)CN(CCN1c2nc(F)nc(N)c2NC1Cc1cc2c(cc1I)OCO2)C(=S)Nc1ccc2c(c1)C(=O)OC21c2ccc(O)cc2Oc2cc(O)ccc21. The fourth-order valence-electron chi connectivity index (χ4n) is 7.85. The zero-order valence-corrected chi connectivity index (χ0v) is 33.5. The number of carbonyl (C=O) groups is 1. The van der Waals surface area contributed by atoms with Crippen molar-refractivity contribution in [2.75, 3.05) is 47.7 Å². The Morgan fingerprint density at radius 1 is 1.04 bits per heavy atom. The Morgan fingerprint density at radius 2 is 1.72 bits per heavy atom. The smallest absolute Gasteiger partial charge is 0.340 e. The number of nitrogen functional groups attached to an aromatic ring is 1. The lowest BCUT2D eigenvalue weighted by Crippen LogP contribution is -2.46. The van der Waals surface area contributed by atoms with Gasteiger partial charge in [0.05, 0.1) is 5.56 Å². The number of hydrogen-bond acceptors (Lipinski definition) is 13. The van der Waals surface area contributed by atoms with Gasteiger partial charge < -0.3 is 55.3 Å². The Bertz CT molecular complexity index is 2460. The number of phenolic OH excluding ortho intramolecular Hbond substituents is 2. The third-order valence-corrected chi connectivity index (χ3v) is 11.7. The van der Waals surface area contributed by atoms with Crippen LogP contribution in [-0.4, -0.2) is 68.8 Å². The largest absolute Gasteiger partial charge is 0.508 e. The molecule has 5 heterocycles. The summed E-state index contributed by atoms with van der Waals surface area (Å²) in [6.07, 6.45) is -0.762. The predicted octanol–water partition coefficient (Wildman–Crippen LogP) is 6.67. The fourth-order valence-corrected chi connectivity index (χ4v) is 8.80. The van der Waals surface area contributed by atoms with Gasteiger partial charge in [0, 0.05) is 64.1 Å². The molecule has 0 aliphatic carbocycles. The van der Waals surface area contributed by atoms with Crippen LogP contribution < -0.4 is 35.5 Å². The highest BCUT2D eigenvalue weighted by Crippen LogP contribution is 2.57. The molecule has 0 bridgehead atoms. The number of anilines is 4. The van der Waals surface area contributed by atoms with E-state index in [2.05, 4.69) is 57.0 Å². The third kappa shape index (κ3) is 6.37. The van der Waals surface area contributed by atoms with E-state index in [1.807, 2.05) is 34.1 Å². The lowest BCUT2D eigenvalue weighted by Gasteiger charge is -2.36. The van der Waals surface area contributed by atoms with E-state index in [1.54, 1.807) is 18.2 Å². The summed E-state index contributed by atoms with van der Waals surface area (Å²) in [7, 11) is 0. The Kier molecular flexibility index (Phi) is 9.02. The second-order valence-corrected chi connectivity index (χ2v) is 16.0. The third-order valence-electron chi connectivity index (χ3n) is 10.3. The van der Waals surface area contributed by atoms with Crippen molar-refractivity contribution in [3.8, 4) is 34.5 Å². The fraction of sp³-hybridized carbons (Fsp3) is 0.250. The number of benzene rings is 4. The zero-order chi connectivity index (χ0) is 39.7. The number of aromatic hydroxyl groups is 2. The van der Waals surface area contributed by atoms with Gasteiger partial charge in [0.25, 0.3) is 0 Å². The van der Waals surface area contributed by atoms with Gasteiger partial charge >= 0.3 is 12.0 Å². The number of ether oxygens (including phenoxy) is 4. The maximum atomic E-state index is 14.6. The number of carbonyl (C=O) groups excluding carboxylic acids is 1. The molecule has 4 aliphatic heterocycles. The predicted molar refractivity (Wildman–Crippen MR) is 221 cm³/mol. The summed E-state index contributed by atoms with van der Waals surface area (Å²) in [4.78, 5) is 25.6. The molecule has 57 heavy (non-hydrogen) atoms. The molecule has 1 unspecified atom stereocenters. The first-order chi connectivity index (χ1) is 27.4. The number of halogens is 2. The summed E-state index contributed by atoms with van der Waals surface area (Å²) in [6, 6.07) is 18.5. The number of phenols is 2. The van der Waals surface area contributed by atoms with Gasteiger partial charge in [-0.05, 0) is 94.8 Å². The van der Waals surface area contributed by atoms with E-state index in [4.69, 9.17) is 36.9 Å². The van der Waals surface area contributed by atoms with Crippen LogP contribution in [0.25, 0.3) is 0 Å². The lowest BCUT2D eigenvalue weighted by atomic mass is 9.77. The van der Waals surface area contributed by atoms with Crippen molar-refractivity contribution in [2.24, 2.45) is 5.92 Å². The highest BCUT2D eigenvalue weighted by atomic mass is 127. The summed E-state index contributed by atoms with van der Waals surface area (Å²) in [5.41, 5.74) is 8.77. The molecular weight excluding hydrogens is 868 g/mol. The minimum Gasteiger partial charge on any atom is -0.508 e. The maximum Gasteiger partial charge on any atom is 0.340 e. The van der Waals surface area contributed by atoms with Gasteiger partial charge in [0.2, 0.25) is 6.79 Å². The minimum absolute atomic E-state index is 0.0162. The molecule has 9 rings (SSSR count). The Labute approximate surface area is 344 Å². The summed E-state index contributed by atoms with van der Waals surface area (Å²) >= 11 is 8.27. The molecule has 0 saturated carbocycles. The van der Waals surface area contributed by atoms with Crippen LogP contribution in [0, 0.1) is 15.6 Å². The van der Waals surface area contributed by atoms with Crippen molar-refractivity contribution in [2.45, 2.75) is 32.0 Å². The number of nitrogens with one attached hydrogen (secondary N) is 2. The van der Waals surface area contributed by atoms with Crippen molar-refractivity contribution in [3.05, 3.63) is 104 Å². The van der Waals surface area contributed by atoms with E-state index in [0.29, 0.717) is 93.6 Å². The molecule has 4 aliphatic rings. The molecule has 0 saturated heterocycles. The van der Waals surface area contributed by atoms with E-state index in [0.717, 1.165) is 9.13 Å². The Hall–Kier alpha value is -5.82. The van der Waals surface area contributed by atoms with Gasteiger partial charge in [0.1, 0.15) is 34.9 Å². The van der Waals surface area contributed by atoms with Gasteiger partial charge in [-0.25, -0.2) is 4.79 Å². The molecule has 4 aromatic carbocycles. The number of thiocarbonyl (C=S) groups is 1. The Balaban J connectivity index is 0.988. The normalized spacial score (nSPS) is 16.3. The molecule has 292 valence electrons. The van der Waals surface area contributed by atoms with Gasteiger partial charge in [-0.2, -0.15) is 14.4 Å². The van der Waals surface area contributed by atoms with Crippen molar-refractivity contribution >= 4 is 68.9 Å².